The SMILES string of the molecule is CC(c1ccc(-c2ccccc2)nc1)N1CCN(C2CCCC2)C(=O)C1=O. The molecule has 140 valence electrons. The first-order valence-electron chi connectivity index (χ1n) is 9.78. The molecule has 4 rings (SSSR count). The van der Waals surface area contributed by atoms with Gasteiger partial charge in [0.1, 0.15) is 0 Å². The molecule has 1 atom stereocenters. The van der Waals surface area contributed by atoms with Gasteiger partial charge in [-0.05, 0) is 31.4 Å². The van der Waals surface area contributed by atoms with Gasteiger partial charge in [0.2, 0.25) is 0 Å². The number of hydrogen-bond donors (Lipinski definition) is 0. The van der Waals surface area contributed by atoms with Crippen LogP contribution >= 0.6 is 0 Å². The standard InChI is InChI=1S/C22H25N3O2/c1-16(18-11-12-20(23-15-18)17-7-3-2-4-8-17)24-13-14-25(22(27)21(24)26)19-9-5-6-10-19/h2-4,7-8,11-12,15-16,19H,5-6,9-10,13-14H2,1H3. The molecule has 1 saturated carbocycles. The average molecular weight is 363 g/mol. The van der Waals surface area contributed by atoms with Crippen LogP contribution in [0, 0.1) is 0 Å². The number of pyridine rings is 1. The second-order valence-electron chi connectivity index (χ2n) is 7.45. The fourth-order valence-electron chi connectivity index (χ4n) is 4.21. The maximum Gasteiger partial charge on any atom is 0.312 e. The summed E-state index contributed by atoms with van der Waals surface area (Å²) in [6, 6.07) is 14.1. The molecule has 0 N–H and O–H groups in total. The molecule has 0 radical (unpaired) electrons. The van der Waals surface area contributed by atoms with Gasteiger partial charge in [0.05, 0.1) is 11.7 Å². The lowest BCUT2D eigenvalue weighted by molar-refractivity contribution is -0.159. The highest BCUT2D eigenvalue weighted by molar-refractivity contribution is 6.35. The van der Waals surface area contributed by atoms with Crippen LogP contribution in [0.5, 0.6) is 0 Å². The van der Waals surface area contributed by atoms with Gasteiger partial charge >= 0.3 is 11.8 Å². The minimum absolute atomic E-state index is 0.162. The zero-order valence-corrected chi connectivity index (χ0v) is 15.7. The first-order chi connectivity index (χ1) is 13.1. The van der Waals surface area contributed by atoms with Crippen LogP contribution in [-0.4, -0.2) is 45.7 Å². The van der Waals surface area contributed by atoms with E-state index in [0.717, 1.165) is 42.5 Å². The number of aromatic nitrogens is 1. The number of benzene rings is 1. The second kappa shape index (κ2) is 7.51. The normalized spacial score (nSPS) is 19.6. The molecule has 2 amide bonds. The predicted octanol–water partition coefficient (Wildman–Crippen LogP) is 3.42. The molecule has 1 aromatic heterocycles. The van der Waals surface area contributed by atoms with E-state index >= 15 is 0 Å². The van der Waals surface area contributed by atoms with Crippen LogP contribution in [0.1, 0.15) is 44.2 Å². The van der Waals surface area contributed by atoms with Gasteiger partial charge in [0.25, 0.3) is 0 Å². The molecule has 1 aliphatic heterocycles. The summed E-state index contributed by atoms with van der Waals surface area (Å²) < 4.78 is 0. The van der Waals surface area contributed by atoms with Gasteiger partial charge in [-0.1, -0.05) is 49.2 Å². The highest BCUT2D eigenvalue weighted by Gasteiger charge is 2.39. The highest BCUT2D eigenvalue weighted by atomic mass is 16.2. The molecule has 1 aromatic carbocycles. The number of nitrogens with zero attached hydrogens (tertiary/aromatic N) is 3. The smallest absolute Gasteiger partial charge is 0.312 e. The lowest BCUT2D eigenvalue weighted by atomic mass is 10.0. The molecule has 5 heteroatoms. The Morgan fingerprint density at radius 3 is 2.37 bits per heavy atom. The van der Waals surface area contributed by atoms with E-state index in [1.54, 1.807) is 9.80 Å². The maximum absolute atomic E-state index is 12.7. The van der Waals surface area contributed by atoms with Crippen LogP contribution < -0.4 is 0 Å². The molecule has 2 aromatic rings. The molecule has 0 spiro atoms. The third-order valence-electron chi connectivity index (χ3n) is 5.86. The number of rotatable bonds is 4. The van der Waals surface area contributed by atoms with Crippen molar-refractivity contribution in [1.82, 2.24) is 14.8 Å². The van der Waals surface area contributed by atoms with Crippen molar-refractivity contribution in [3.8, 4) is 11.3 Å². The van der Waals surface area contributed by atoms with E-state index in [2.05, 4.69) is 4.98 Å². The number of hydrogen-bond acceptors (Lipinski definition) is 3. The first-order valence-corrected chi connectivity index (χ1v) is 9.78. The predicted molar refractivity (Wildman–Crippen MR) is 104 cm³/mol. The molecule has 1 unspecified atom stereocenters. The van der Waals surface area contributed by atoms with Crippen LogP contribution in [0.2, 0.25) is 0 Å². The summed E-state index contributed by atoms with van der Waals surface area (Å²) in [5.41, 5.74) is 2.92. The first kappa shape index (κ1) is 17.7. The highest BCUT2D eigenvalue weighted by Crippen LogP contribution is 2.28. The van der Waals surface area contributed by atoms with E-state index in [9.17, 15) is 9.59 Å². The summed E-state index contributed by atoms with van der Waals surface area (Å²) in [6.07, 6.45) is 6.18. The number of piperazine rings is 1. The van der Waals surface area contributed by atoms with E-state index < -0.39 is 0 Å². The van der Waals surface area contributed by atoms with Gasteiger partial charge in [-0.3, -0.25) is 14.6 Å². The van der Waals surface area contributed by atoms with Gasteiger partial charge in [-0.2, -0.15) is 0 Å². The number of carbonyl (C=O) groups is 2. The van der Waals surface area contributed by atoms with Gasteiger partial charge in [0.15, 0.2) is 0 Å². The second-order valence-corrected chi connectivity index (χ2v) is 7.45. The van der Waals surface area contributed by atoms with Crippen LogP contribution in [0.15, 0.2) is 48.7 Å². The molecule has 2 aliphatic rings. The molecule has 1 saturated heterocycles. The van der Waals surface area contributed by atoms with Crippen LogP contribution in [0.4, 0.5) is 0 Å². The maximum atomic E-state index is 12.7. The van der Waals surface area contributed by atoms with Gasteiger partial charge < -0.3 is 9.80 Å². The van der Waals surface area contributed by atoms with Crippen molar-refractivity contribution in [2.75, 3.05) is 13.1 Å². The Morgan fingerprint density at radius 1 is 0.963 bits per heavy atom. The summed E-state index contributed by atoms with van der Waals surface area (Å²) in [7, 11) is 0. The summed E-state index contributed by atoms with van der Waals surface area (Å²) in [5.74, 6) is -0.721. The Hall–Kier alpha value is -2.69. The van der Waals surface area contributed by atoms with E-state index in [1.165, 1.54) is 0 Å². The molecule has 2 heterocycles. The fraction of sp³-hybridized carbons (Fsp3) is 0.409. The third-order valence-corrected chi connectivity index (χ3v) is 5.86. The summed E-state index contributed by atoms with van der Waals surface area (Å²) in [5, 5.41) is 0. The molecular formula is C22H25N3O2. The monoisotopic (exact) mass is 363 g/mol. The van der Waals surface area contributed by atoms with Gasteiger partial charge in [-0.15, -0.1) is 0 Å². The van der Waals surface area contributed by atoms with Crippen molar-refractivity contribution < 1.29 is 9.59 Å². The molecule has 0 bridgehead atoms. The van der Waals surface area contributed by atoms with Crippen molar-refractivity contribution in [2.45, 2.75) is 44.7 Å². The number of carbonyl (C=O) groups excluding carboxylic acids is 2. The minimum atomic E-state index is -0.382. The van der Waals surface area contributed by atoms with Gasteiger partial charge in [0, 0.05) is 30.9 Å². The van der Waals surface area contributed by atoms with Crippen molar-refractivity contribution in [1.29, 1.82) is 0 Å². The third kappa shape index (κ3) is 3.46. The van der Waals surface area contributed by atoms with E-state index in [0.29, 0.717) is 13.1 Å². The lowest BCUT2D eigenvalue weighted by Crippen LogP contribution is -2.57. The average Bonchev–Trinajstić information content (AvgIpc) is 3.25. The largest absolute Gasteiger partial charge is 0.330 e. The zero-order valence-electron chi connectivity index (χ0n) is 15.7. The molecule has 1 aliphatic carbocycles. The quantitative estimate of drug-likeness (QED) is 0.782. The van der Waals surface area contributed by atoms with Gasteiger partial charge in [-0.25, -0.2) is 0 Å². The summed E-state index contributed by atoms with van der Waals surface area (Å²) >= 11 is 0. The molecule has 5 nitrogen and oxygen atoms in total. The van der Waals surface area contributed by atoms with Crippen molar-refractivity contribution in [3.05, 3.63) is 54.2 Å². The Bertz CT molecular complexity index is 813. The summed E-state index contributed by atoms with van der Waals surface area (Å²) in [6.45, 7) is 3.19. The van der Waals surface area contributed by atoms with Crippen molar-refractivity contribution >= 4 is 11.8 Å². The lowest BCUT2D eigenvalue weighted by Gasteiger charge is -2.39. The summed E-state index contributed by atoms with van der Waals surface area (Å²) in [4.78, 5) is 33.4. The van der Waals surface area contributed by atoms with E-state index in [1.807, 2.05) is 55.6 Å². The molecule has 2 fully saturated rings. The number of amides is 2. The molecule has 27 heavy (non-hydrogen) atoms. The Balaban J connectivity index is 1.47. The molecular weight excluding hydrogens is 338 g/mol. The van der Waals surface area contributed by atoms with Crippen molar-refractivity contribution in [2.24, 2.45) is 0 Å². The Labute approximate surface area is 160 Å². The zero-order chi connectivity index (χ0) is 18.8. The Kier molecular flexibility index (Phi) is 4.92. The van der Waals surface area contributed by atoms with Crippen molar-refractivity contribution in [3.63, 3.8) is 0 Å². The van der Waals surface area contributed by atoms with E-state index in [-0.39, 0.29) is 23.9 Å². The van der Waals surface area contributed by atoms with Crippen LogP contribution in [0.3, 0.4) is 0 Å². The van der Waals surface area contributed by atoms with Crippen LogP contribution in [-0.2, 0) is 9.59 Å². The topological polar surface area (TPSA) is 53.5 Å². The Morgan fingerprint density at radius 2 is 1.70 bits per heavy atom. The fourth-order valence-corrected chi connectivity index (χ4v) is 4.21. The van der Waals surface area contributed by atoms with Crippen LogP contribution in [0.25, 0.3) is 11.3 Å². The minimum Gasteiger partial charge on any atom is -0.330 e. The van der Waals surface area contributed by atoms with E-state index in [4.69, 9.17) is 0 Å².